The van der Waals surface area contributed by atoms with E-state index in [2.05, 4.69) is 11.0 Å². The SMILES string of the molecule is OCC(O)CN1CCc2c(Cl)cccc2C1. The molecule has 4 heteroatoms. The first-order valence-corrected chi connectivity index (χ1v) is 5.86. The van der Waals surface area contributed by atoms with E-state index >= 15 is 0 Å². The predicted molar refractivity (Wildman–Crippen MR) is 63.5 cm³/mol. The highest BCUT2D eigenvalue weighted by Crippen LogP contribution is 2.25. The fourth-order valence-electron chi connectivity index (χ4n) is 2.13. The second kappa shape index (κ2) is 5.15. The molecule has 1 unspecified atom stereocenters. The van der Waals surface area contributed by atoms with E-state index in [4.69, 9.17) is 16.7 Å². The number of aliphatic hydroxyl groups excluding tert-OH is 2. The molecule has 1 heterocycles. The molecule has 88 valence electrons. The van der Waals surface area contributed by atoms with Crippen molar-refractivity contribution < 1.29 is 10.2 Å². The summed E-state index contributed by atoms with van der Waals surface area (Å²) in [6, 6.07) is 5.93. The molecule has 0 bridgehead atoms. The highest BCUT2D eigenvalue weighted by atomic mass is 35.5. The number of fused-ring (bicyclic) bond motifs is 1. The van der Waals surface area contributed by atoms with E-state index in [1.54, 1.807) is 0 Å². The number of hydrogen-bond acceptors (Lipinski definition) is 3. The average Bonchev–Trinajstić information content (AvgIpc) is 2.29. The van der Waals surface area contributed by atoms with Crippen LogP contribution in [0.5, 0.6) is 0 Å². The molecule has 16 heavy (non-hydrogen) atoms. The Kier molecular flexibility index (Phi) is 3.82. The molecule has 1 aromatic rings. The number of aliphatic hydroxyl groups is 2. The van der Waals surface area contributed by atoms with Crippen LogP contribution >= 0.6 is 11.6 Å². The third-order valence-electron chi connectivity index (χ3n) is 2.97. The molecule has 0 aliphatic carbocycles. The molecule has 1 aliphatic rings. The van der Waals surface area contributed by atoms with Crippen LogP contribution in [0.3, 0.4) is 0 Å². The third kappa shape index (κ3) is 2.55. The van der Waals surface area contributed by atoms with Crippen molar-refractivity contribution in [1.29, 1.82) is 0 Å². The summed E-state index contributed by atoms with van der Waals surface area (Å²) in [5.41, 5.74) is 2.45. The van der Waals surface area contributed by atoms with Gasteiger partial charge in [-0.3, -0.25) is 4.90 Å². The van der Waals surface area contributed by atoms with E-state index in [9.17, 15) is 5.11 Å². The first kappa shape index (κ1) is 11.9. The summed E-state index contributed by atoms with van der Waals surface area (Å²) in [5, 5.41) is 19.0. The number of halogens is 1. The van der Waals surface area contributed by atoms with Crippen LogP contribution in [0.2, 0.25) is 5.02 Å². The van der Waals surface area contributed by atoms with Crippen LogP contribution in [-0.4, -0.2) is 40.9 Å². The first-order valence-electron chi connectivity index (χ1n) is 5.48. The summed E-state index contributed by atoms with van der Waals surface area (Å²) in [4.78, 5) is 2.14. The van der Waals surface area contributed by atoms with E-state index in [1.807, 2.05) is 12.1 Å². The number of nitrogens with zero attached hydrogens (tertiary/aromatic N) is 1. The topological polar surface area (TPSA) is 43.7 Å². The molecular formula is C12H16ClNO2. The monoisotopic (exact) mass is 241 g/mol. The fourth-order valence-corrected chi connectivity index (χ4v) is 2.42. The second-order valence-electron chi connectivity index (χ2n) is 4.20. The molecule has 1 aliphatic heterocycles. The van der Waals surface area contributed by atoms with Gasteiger partial charge in [-0.15, -0.1) is 0 Å². The molecule has 0 amide bonds. The number of β-amino-alcohol motifs (C(OH)–C–C–N with tert-alkyl or cyclic N) is 1. The molecule has 3 nitrogen and oxygen atoms in total. The Morgan fingerprint density at radius 3 is 3.00 bits per heavy atom. The lowest BCUT2D eigenvalue weighted by Gasteiger charge is -2.30. The molecule has 2 N–H and O–H groups in total. The predicted octanol–water partition coefficient (Wildman–Crippen LogP) is 1.05. The van der Waals surface area contributed by atoms with E-state index in [-0.39, 0.29) is 6.61 Å². The minimum atomic E-state index is -0.652. The largest absolute Gasteiger partial charge is 0.394 e. The summed E-state index contributed by atoms with van der Waals surface area (Å²) in [6.07, 6.45) is 0.258. The Bertz CT molecular complexity index is 370. The lowest BCUT2D eigenvalue weighted by molar-refractivity contribution is 0.0551. The Hall–Kier alpha value is -0.610. The molecule has 0 saturated carbocycles. The molecule has 1 aromatic carbocycles. The van der Waals surface area contributed by atoms with Crippen molar-refractivity contribution in [3.63, 3.8) is 0 Å². The van der Waals surface area contributed by atoms with E-state index < -0.39 is 6.10 Å². The van der Waals surface area contributed by atoms with Crippen molar-refractivity contribution >= 4 is 11.6 Å². The highest BCUT2D eigenvalue weighted by molar-refractivity contribution is 6.31. The van der Waals surface area contributed by atoms with E-state index in [0.717, 1.165) is 24.5 Å². The Morgan fingerprint density at radius 2 is 2.25 bits per heavy atom. The average molecular weight is 242 g/mol. The van der Waals surface area contributed by atoms with Gasteiger partial charge in [0.15, 0.2) is 0 Å². The van der Waals surface area contributed by atoms with Crippen LogP contribution in [-0.2, 0) is 13.0 Å². The normalized spacial score (nSPS) is 18.2. The number of hydrogen-bond donors (Lipinski definition) is 2. The zero-order valence-corrected chi connectivity index (χ0v) is 9.82. The van der Waals surface area contributed by atoms with Gasteiger partial charge < -0.3 is 10.2 Å². The molecule has 0 radical (unpaired) electrons. The van der Waals surface area contributed by atoms with Gasteiger partial charge in [-0.2, -0.15) is 0 Å². The smallest absolute Gasteiger partial charge is 0.0897 e. The zero-order chi connectivity index (χ0) is 11.5. The van der Waals surface area contributed by atoms with Crippen molar-refractivity contribution in [3.05, 3.63) is 34.3 Å². The van der Waals surface area contributed by atoms with Crippen molar-refractivity contribution in [2.24, 2.45) is 0 Å². The van der Waals surface area contributed by atoms with Gasteiger partial charge in [0, 0.05) is 24.7 Å². The van der Waals surface area contributed by atoms with Crippen molar-refractivity contribution in [2.45, 2.75) is 19.1 Å². The van der Waals surface area contributed by atoms with Crippen molar-refractivity contribution in [3.8, 4) is 0 Å². The maximum Gasteiger partial charge on any atom is 0.0897 e. The summed E-state index contributed by atoms with van der Waals surface area (Å²) in [6.45, 7) is 2.02. The van der Waals surface area contributed by atoms with Crippen LogP contribution in [0.15, 0.2) is 18.2 Å². The summed E-state index contributed by atoms with van der Waals surface area (Å²) in [7, 11) is 0. The molecular weight excluding hydrogens is 226 g/mol. The van der Waals surface area contributed by atoms with E-state index in [0.29, 0.717) is 6.54 Å². The summed E-state index contributed by atoms with van der Waals surface area (Å²) in [5.74, 6) is 0. The Labute approximate surface area is 100 Å². The quantitative estimate of drug-likeness (QED) is 0.832. The first-order chi connectivity index (χ1) is 7.70. The van der Waals surface area contributed by atoms with Gasteiger partial charge in [0.2, 0.25) is 0 Å². The van der Waals surface area contributed by atoms with Gasteiger partial charge in [-0.25, -0.2) is 0 Å². The van der Waals surface area contributed by atoms with Gasteiger partial charge in [-0.1, -0.05) is 23.7 Å². The molecule has 0 saturated heterocycles. The van der Waals surface area contributed by atoms with Gasteiger partial charge >= 0.3 is 0 Å². The highest BCUT2D eigenvalue weighted by Gasteiger charge is 2.19. The molecule has 0 spiro atoms. The van der Waals surface area contributed by atoms with Crippen LogP contribution in [0.1, 0.15) is 11.1 Å². The van der Waals surface area contributed by atoms with Crippen LogP contribution in [0, 0.1) is 0 Å². The maximum absolute atomic E-state index is 9.40. The summed E-state index contributed by atoms with van der Waals surface area (Å²) < 4.78 is 0. The standard InChI is InChI=1S/C12H16ClNO2/c13-12-3-1-2-9-6-14(5-4-11(9)12)7-10(16)8-15/h1-3,10,15-16H,4-8H2. The number of rotatable bonds is 3. The van der Waals surface area contributed by atoms with Crippen LogP contribution in [0.25, 0.3) is 0 Å². The minimum absolute atomic E-state index is 0.182. The minimum Gasteiger partial charge on any atom is -0.394 e. The molecule has 0 fully saturated rings. The van der Waals surface area contributed by atoms with Gasteiger partial charge in [0.1, 0.15) is 0 Å². The Balaban J connectivity index is 2.06. The Morgan fingerprint density at radius 1 is 1.44 bits per heavy atom. The lowest BCUT2D eigenvalue weighted by Crippen LogP contribution is -2.37. The molecule has 0 aromatic heterocycles. The second-order valence-corrected chi connectivity index (χ2v) is 4.61. The summed E-state index contributed by atoms with van der Waals surface area (Å²) >= 11 is 6.12. The number of benzene rings is 1. The third-order valence-corrected chi connectivity index (χ3v) is 3.32. The van der Waals surface area contributed by atoms with Gasteiger partial charge in [-0.05, 0) is 23.6 Å². The van der Waals surface area contributed by atoms with Crippen molar-refractivity contribution in [2.75, 3.05) is 19.7 Å². The zero-order valence-electron chi connectivity index (χ0n) is 9.06. The lowest BCUT2D eigenvalue weighted by atomic mass is 9.99. The van der Waals surface area contributed by atoms with Crippen LogP contribution < -0.4 is 0 Å². The van der Waals surface area contributed by atoms with Crippen LogP contribution in [0.4, 0.5) is 0 Å². The van der Waals surface area contributed by atoms with Crippen molar-refractivity contribution in [1.82, 2.24) is 4.90 Å². The molecule has 2 rings (SSSR count). The van der Waals surface area contributed by atoms with E-state index in [1.165, 1.54) is 11.1 Å². The fraction of sp³-hybridized carbons (Fsp3) is 0.500. The van der Waals surface area contributed by atoms with Gasteiger partial charge in [0.05, 0.1) is 12.7 Å². The molecule has 1 atom stereocenters. The maximum atomic E-state index is 9.40. The van der Waals surface area contributed by atoms with Gasteiger partial charge in [0.25, 0.3) is 0 Å².